The molecule has 0 aromatic rings. The number of carbonyl (C=O) groups excluding carboxylic acids is 3. The summed E-state index contributed by atoms with van der Waals surface area (Å²) in [5, 5.41) is 47.6. The zero-order valence-electron chi connectivity index (χ0n) is 30.2. The first-order chi connectivity index (χ1) is 23.5. The molecule has 5 rings (SSSR count). The van der Waals surface area contributed by atoms with Gasteiger partial charge in [-0.3, -0.25) is 13.9 Å². The average Bonchev–Trinajstić information content (AvgIpc) is 3.16. The van der Waals surface area contributed by atoms with Gasteiger partial charge in [-0.05, 0) is 79.6 Å². The van der Waals surface area contributed by atoms with Crippen LogP contribution < -0.4 is 113 Å². The Bertz CT molecular complexity index is 1630. The minimum atomic E-state index is -5.53. The minimum absolute atomic E-state index is 0. The molecule has 1 aliphatic heterocycles. The summed E-state index contributed by atoms with van der Waals surface area (Å²) < 4.78 is 93.2. The van der Waals surface area contributed by atoms with Gasteiger partial charge in [0, 0.05) is 11.8 Å². The Morgan fingerprint density at radius 3 is 2.04 bits per heavy atom. The van der Waals surface area contributed by atoms with E-state index in [1.165, 1.54) is 0 Å². The van der Waals surface area contributed by atoms with Crippen LogP contribution in [0.5, 0.6) is 0 Å². The van der Waals surface area contributed by atoms with Crippen LogP contribution in [0.1, 0.15) is 72.1 Å². The number of hydrogen-bond acceptors (Lipinski definition) is 16. The zero-order valence-corrected chi connectivity index (χ0v) is 38.1. The molecule has 12 atom stereocenters. The second-order valence-corrected chi connectivity index (χ2v) is 17.4. The normalized spacial score (nSPS) is 39.1. The molecular weight excluding hydrogens is 803 g/mol. The molecule has 18 nitrogen and oxygen atoms in total. The van der Waals surface area contributed by atoms with Crippen LogP contribution in [0, 0.1) is 39.9 Å². The summed E-state index contributed by atoms with van der Waals surface area (Å²) >= 11 is 0. The molecule has 4 aliphatic carbocycles. The van der Waals surface area contributed by atoms with Gasteiger partial charge in [0.05, 0.1) is 36.2 Å². The van der Waals surface area contributed by atoms with Gasteiger partial charge in [-0.15, -0.1) is 0 Å². The van der Waals surface area contributed by atoms with Crippen molar-refractivity contribution in [3.63, 3.8) is 0 Å². The third kappa shape index (κ3) is 9.42. The number of aliphatic carboxylic acids is 2. The Hall–Kier alpha value is 1.00. The molecule has 53 heavy (non-hydrogen) atoms. The van der Waals surface area contributed by atoms with E-state index in [0.29, 0.717) is 31.3 Å². The van der Waals surface area contributed by atoms with E-state index >= 15 is 0 Å². The number of hydrogen-bond donors (Lipinski definition) is 4. The average molecular weight is 847 g/mol. The van der Waals surface area contributed by atoms with Crippen LogP contribution >= 0.6 is 0 Å². The number of rotatable bonds is 12. The van der Waals surface area contributed by atoms with Crippen molar-refractivity contribution in [2.24, 2.45) is 39.9 Å². The van der Waals surface area contributed by atoms with Gasteiger partial charge in [-0.2, -0.15) is 16.8 Å². The van der Waals surface area contributed by atoms with Crippen molar-refractivity contribution in [2.45, 2.75) is 115 Å². The maximum Gasteiger partial charge on any atom is 1.00 e. The molecule has 22 heteroatoms. The summed E-state index contributed by atoms with van der Waals surface area (Å²) in [5.74, 6) is -6.70. The summed E-state index contributed by atoms with van der Waals surface area (Å²) in [5.41, 5.74) is -3.89. The molecule has 1 saturated heterocycles. The maximum absolute atomic E-state index is 13.0. The fourth-order valence-corrected chi connectivity index (χ4v) is 11.2. The van der Waals surface area contributed by atoms with Crippen molar-refractivity contribution in [3.8, 4) is 0 Å². The maximum atomic E-state index is 13.0. The van der Waals surface area contributed by atoms with Crippen molar-refractivity contribution in [1.82, 2.24) is 0 Å². The van der Waals surface area contributed by atoms with E-state index in [4.69, 9.17) is 14.2 Å². The second kappa shape index (κ2) is 17.7. The van der Waals surface area contributed by atoms with E-state index in [9.17, 15) is 60.8 Å². The summed E-state index contributed by atoms with van der Waals surface area (Å²) in [6, 6.07) is 0. The van der Waals surface area contributed by atoms with Gasteiger partial charge in [0.1, 0.15) is 12.2 Å². The monoisotopic (exact) mass is 846 g/mol. The number of esters is 1. The largest absolute Gasteiger partial charge is 1.00 e. The molecule has 0 aromatic carbocycles. The fourth-order valence-electron chi connectivity index (χ4n) is 10.2. The number of aliphatic hydroxyl groups excluding tert-OH is 2. The molecule has 290 valence electrons. The van der Waals surface area contributed by atoms with E-state index in [2.05, 4.69) is 14.9 Å². The Kier molecular flexibility index (Phi) is 16.1. The van der Waals surface area contributed by atoms with Gasteiger partial charge in [-0.1, -0.05) is 27.4 Å². The Balaban J connectivity index is 0.00000378. The first-order valence-corrected chi connectivity index (χ1v) is 19.4. The van der Waals surface area contributed by atoms with Crippen LogP contribution in [0.15, 0.2) is 12.2 Å². The SMILES string of the molecule is C=C1[C@H]2CC[C@H]3[C@]4(C)C[C@H](O[C@@H]5O[C@H](CO)[C@@H](OS(=O)(=O)O)[C@H](OS(=O)(=O)O)[C@H]5OC(=O)CC(C)C)CC(C(=O)[O-])(C(=O)[O-])[C@H]4CC[C@@]3(C2)[C@H]1O.[K+].[K+]. The predicted octanol–water partition coefficient (Wildman–Crippen LogP) is -7.54. The van der Waals surface area contributed by atoms with Gasteiger partial charge >= 0.3 is 130 Å². The third-order valence-corrected chi connectivity index (χ3v) is 12.9. The number of carbonyl (C=O) groups is 3. The zero-order chi connectivity index (χ0) is 38.1. The van der Waals surface area contributed by atoms with Crippen molar-refractivity contribution >= 4 is 38.7 Å². The van der Waals surface area contributed by atoms with Crippen molar-refractivity contribution in [2.75, 3.05) is 6.61 Å². The third-order valence-electron chi connectivity index (χ3n) is 12.0. The second-order valence-electron chi connectivity index (χ2n) is 15.3. The van der Waals surface area contributed by atoms with Crippen molar-refractivity contribution < 1.29 is 186 Å². The molecule has 0 radical (unpaired) electrons. The summed E-state index contributed by atoms with van der Waals surface area (Å²) in [4.78, 5) is 38.9. The van der Waals surface area contributed by atoms with Gasteiger partial charge in [0.2, 0.25) is 0 Å². The molecule has 0 unspecified atom stereocenters. The Labute approximate surface area is 393 Å². The van der Waals surface area contributed by atoms with Crippen LogP contribution in [-0.2, 0) is 57.8 Å². The number of carboxylic acid groups (broad SMARTS) is 2. The first kappa shape index (κ1) is 48.4. The van der Waals surface area contributed by atoms with Crippen LogP contribution in [0.25, 0.3) is 0 Å². The molecule has 4 saturated carbocycles. The molecule has 2 bridgehead atoms. The van der Waals surface area contributed by atoms with Gasteiger partial charge in [0.15, 0.2) is 18.5 Å². The first-order valence-electron chi connectivity index (χ1n) is 16.7. The molecule has 1 spiro atoms. The van der Waals surface area contributed by atoms with E-state index in [0.717, 1.165) is 0 Å². The molecule has 5 aliphatic rings. The quantitative estimate of drug-likeness (QED) is 0.0354. The van der Waals surface area contributed by atoms with Gasteiger partial charge in [-0.25, -0.2) is 8.37 Å². The smallest absolute Gasteiger partial charge is 0.549 e. The van der Waals surface area contributed by atoms with Crippen molar-refractivity contribution in [1.29, 1.82) is 0 Å². The fraction of sp³-hybridized carbons (Fsp3) is 0.839. The molecule has 5 fully saturated rings. The standard InChI is InChI=1S/C31H46O18S2.2K/c1-14(2)9-21(33)47-24-23(49-51(42,43)44)22(48-50(39,40)41)18(13-32)46-26(24)45-17-11-29(4)19-6-5-16-10-30(19,25(34)15(16)3)8-7-20(29)31(12-17,27(35)36)28(37)38;;/h14,16-20,22-26,32,34H,3,5-13H2,1-2,4H3,(H,35,36)(H,37,38)(H,39,40,41)(H,42,43,44);;/q;2*+1/p-2/t16-,17-,18+,19-,20-,22+,23-,24+,25-,26+,29-,30-;;/m0../s1. The van der Waals surface area contributed by atoms with Crippen LogP contribution in [0.2, 0.25) is 0 Å². The number of fused-ring (bicyclic) bond motifs is 3. The Morgan fingerprint density at radius 1 is 0.925 bits per heavy atom. The van der Waals surface area contributed by atoms with Crippen molar-refractivity contribution in [3.05, 3.63) is 12.2 Å². The van der Waals surface area contributed by atoms with Crippen LogP contribution in [0.3, 0.4) is 0 Å². The summed E-state index contributed by atoms with van der Waals surface area (Å²) in [6.07, 6.45) is -12.1. The topological polar surface area (TPSA) is 293 Å². The predicted molar refractivity (Wildman–Crippen MR) is 164 cm³/mol. The summed E-state index contributed by atoms with van der Waals surface area (Å²) in [7, 11) is -11.0. The van der Waals surface area contributed by atoms with Crippen LogP contribution in [-0.4, -0.2) is 104 Å². The van der Waals surface area contributed by atoms with E-state index in [1.54, 1.807) is 20.8 Å². The molecule has 0 amide bonds. The minimum Gasteiger partial charge on any atom is -0.549 e. The van der Waals surface area contributed by atoms with E-state index in [1.807, 2.05) is 0 Å². The number of ether oxygens (including phenoxy) is 3. The molecule has 0 aromatic heterocycles. The van der Waals surface area contributed by atoms with Gasteiger partial charge in [0.25, 0.3) is 0 Å². The van der Waals surface area contributed by atoms with E-state index in [-0.39, 0.29) is 134 Å². The van der Waals surface area contributed by atoms with Crippen LogP contribution in [0.4, 0.5) is 0 Å². The summed E-state index contributed by atoms with van der Waals surface area (Å²) in [6.45, 7) is 7.91. The molecule has 1 heterocycles. The number of carboxylic acids is 2. The number of aliphatic hydroxyl groups is 2. The Morgan fingerprint density at radius 2 is 1.51 bits per heavy atom. The molecule has 4 N–H and O–H groups in total. The van der Waals surface area contributed by atoms with E-state index < -0.39 is 123 Å². The molecular formula is C31H44K2O18S2. The van der Waals surface area contributed by atoms with Gasteiger partial charge < -0.3 is 44.2 Å².